The van der Waals surface area contributed by atoms with Gasteiger partial charge in [0.15, 0.2) is 10.9 Å². The highest BCUT2D eigenvalue weighted by Gasteiger charge is 2.22. The zero-order chi connectivity index (χ0) is 16.2. The minimum absolute atomic E-state index is 0.0224. The quantitative estimate of drug-likeness (QED) is 0.601. The van der Waals surface area contributed by atoms with Crippen LogP contribution < -0.4 is 4.90 Å². The van der Waals surface area contributed by atoms with Crippen molar-refractivity contribution in [1.29, 1.82) is 0 Å². The van der Waals surface area contributed by atoms with Crippen LogP contribution in [0.25, 0.3) is 0 Å². The molecule has 2 heterocycles. The molecule has 0 N–H and O–H groups in total. The Morgan fingerprint density at radius 1 is 1.39 bits per heavy atom. The molecule has 6 nitrogen and oxygen atoms in total. The molecule has 1 aliphatic rings. The lowest BCUT2D eigenvalue weighted by Gasteiger charge is -2.16. The fourth-order valence-electron chi connectivity index (χ4n) is 2.55. The summed E-state index contributed by atoms with van der Waals surface area (Å²) in [6.07, 6.45) is 3.12. The first kappa shape index (κ1) is 15.7. The molecule has 2 aromatic rings. The molecule has 23 heavy (non-hydrogen) atoms. The minimum atomic E-state index is 0.0224. The van der Waals surface area contributed by atoms with Crippen LogP contribution in [0.2, 0.25) is 0 Å². The van der Waals surface area contributed by atoms with Gasteiger partial charge in [0, 0.05) is 30.8 Å². The Kier molecular flexibility index (Phi) is 4.76. The molecule has 1 fully saturated rings. The van der Waals surface area contributed by atoms with E-state index in [2.05, 4.69) is 10.2 Å². The van der Waals surface area contributed by atoms with Crippen LogP contribution in [0.1, 0.15) is 30.1 Å². The van der Waals surface area contributed by atoms with E-state index in [4.69, 9.17) is 0 Å². The number of benzene rings is 1. The van der Waals surface area contributed by atoms with Crippen molar-refractivity contribution in [2.24, 2.45) is 0 Å². The van der Waals surface area contributed by atoms with E-state index in [1.165, 1.54) is 11.8 Å². The van der Waals surface area contributed by atoms with Crippen molar-refractivity contribution in [2.75, 3.05) is 17.2 Å². The van der Waals surface area contributed by atoms with Gasteiger partial charge in [-0.25, -0.2) is 0 Å². The number of aromatic nitrogens is 3. The topological polar surface area (TPSA) is 68.1 Å². The highest BCUT2D eigenvalue weighted by atomic mass is 32.2. The molecule has 1 saturated heterocycles. The summed E-state index contributed by atoms with van der Waals surface area (Å²) in [6, 6.07) is 7.29. The van der Waals surface area contributed by atoms with Crippen molar-refractivity contribution in [1.82, 2.24) is 14.8 Å². The van der Waals surface area contributed by atoms with Gasteiger partial charge in [0.05, 0.1) is 5.75 Å². The molecule has 0 aliphatic carbocycles. The molecule has 120 valence electrons. The summed E-state index contributed by atoms with van der Waals surface area (Å²) in [5.41, 5.74) is 1.43. The van der Waals surface area contributed by atoms with Gasteiger partial charge in [-0.1, -0.05) is 23.9 Å². The fraction of sp³-hybridized carbons (Fsp3) is 0.375. The van der Waals surface area contributed by atoms with E-state index in [1.807, 2.05) is 23.6 Å². The standard InChI is InChI=1S/C16H18N4O2S/c1-2-19-11-17-18-16(19)23-10-14(21)12-5-3-6-13(9-12)20-8-4-7-15(20)22/h3,5-6,9,11H,2,4,7-8,10H2,1H3. The van der Waals surface area contributed by atoms with Gasteiger partial charge in [-0.3, -0.25) is 9.59 Å². The summed E-state index contributed by atoms with van der Waals surface area (Å²) in [5, 5.41) is 8.61. The second kappa shape index (κ2) is 6.95. The van der Waals surface area contributed by atoms with Crippen molar-refractivity contribution in [3.63, 3.8) is 0 Å². The minimum Gasteiger partial charge on any atom is -0.312 e. The molecule has 0 atom stereocenters. The SMILES string of the molecule is CCn1cnnc1SCC(=O)c1cccc(N2CCCC2=O)c1. The number of anilines is 1. The van der Waals surface area contributed by atoms with Crippen molar-refractivity contribution < 1.29 is 9.59 Å². The molecule has 0 saturated carbocycles. The third-order valence-corrected chi connectivity index (χ3v) is 4.79. The molecule has 0 spiro atoms. The van der Waals surface area contributed by atoms with E-state index in [0.717, 1.165) is 30.4 Å². The molecule has 0 radical (unpaired) electrons. The van der Waals surface area contributed by atoms with E-state index < -0.39 is 0 Å². The van der Waals surface area contributed by atoms with Gasteiger partial charge in [0.25, 0.3) is 0 Å². The van der Waals surface area contributed by atoms with Gasteiger partial charge in [0.1, 0.15) is 6.33 Å². The van der Waals surface area contributed by atoms with Crippen LogP contribution in [-0.4, -0.2) is 38.8 Å². The number of Topliss-reactive ketones (excluding diaryl/α,β-unsaturated/α-hetero) is 1. The maximum absolute atomic E-state index is 12.4. The second-order valence-corrected chi connectivity index (χ2v) is 6.25. The summed E-state index contributed by atoms with van der Waals surface area (Å²) in [6.45, 7) is 3.51. The average molecular weight is 330 g/mol. The van der Waals surface area contributed by atoms with E-state index in [1.54, 1.807) is 23.4 Å². The van der Waals surface area contributed by atoms with Crippen LogP contribution in [0.4, 0.5) is 5.69 Å². The van der Waals surface area contributed by atoms with Gasteiger partial charge >= 0.3 is 0 Å². The van der Waals surface area contributed by atoms with Crippen molar-refractivity contribution in [3.05, 3.63) is 36.2 Å². The van der Waals surface area contributed by atoms with Gasteiger partial charge < -0.3 is 9.47 Å². The number of rotatable bonds is 6. The molecule has 0 bridgehead atoms. The Bertz CT molecular complexity index is 728. The van der Waals surface area contributed by atoms with E-state index in [0.29, 0.717) is 17.7 Å². The second-order valence-electron chi connectivity index (χ2n) is 5.31. The van der Waals surface area contributed by atoms with Gasteiger partial charge in [-0.15, -0.1) is 10.2 Å². The smallest absolute Gasteiger partial charge is 0.227 e. The number of carbonyl (C=O) groups excluding carboxylic acids is 2. The van der Waals surface area contributed by atoms with Crippen LogP contribution in [0.15, 0.2) is 35.7 Å². The zero-order valence-electron chi connectivity index (χ0n) is 12.9. The number of hydrogen-bond acceptors (Lipinski definition) is 5. The predicted molar refractivity (Wildman–Crippen MR) is 88.8 cm³/mol. The van der Waals surface area contributed by atoms with Crippen molar-refractivity contribution in [3.8, 4) is 0 Å². The van der Waals surface area contributed by atoms with Crippen LogP contribution in [0, 0.1) is 0 Å². The lowest BCUT2D eigenvalue weighted by molar-refractivity contribution is -0.117. The number of thioether (sulfide) groups is 1. The number of nitrogens with zero attached hydrogens (tertiary/aromatic N) is 4. The molecule has 1 aromatic heterocycles. The highest BCUT2D eigenvalue weighted by molar-refractivity contribution is 7.99. The summed E-state index contributed by atoms with van der Waals surface area (Å²) >= 11 is 1.38. The summed E-state index contributed by atoms with van der Waals surface area (Å²) in [5.74, 6) is 0.449. The molecular formula is C16H18N4O2S. The van der Waals surface area contributed by atoms with E-state index in [-0.39, 0.29) is 11.7 Å². The molecule has 7 heteroatoms. The maximum Gasteiger partial charge on any atom is 0.227 e. The normalized spacial score (nSPS) is 14.5. The molecular weight excluding hydrogens is 312 g/mol. The summed E-state index contributed by atoms with van der Waals surface area (Å²) in [7, 11) is 0. The summed E-state index contributed by atoms with van der Waals surface area (Å²) in [4.78, 5) is 26.0. The first-order chi connectivity index (χ1) is 11.2. The molecule has 3 rings (SSSR count). The number of carbonyl (C=O) groups is 2. The Morgan fingerprint density at radius 2 is 2.26 bits per heavy atom. The largest absolute Gasteiger partial charge is 0.312 e. The Morgan fingerprint density at radius 3 is 3.00 bits per heavy atom. The summed E-state index contributed by atoms with van der Waals surface area (Å²) < 4.78 is 1.90. The zero-order valence-corrected chi connectivity index (χ0v) is 13.8. The number of amides is 1. The maximum atomic E-state index is 12.4. The highest BCUT2D eigenvalue weighted by Crippen LogP contribution is 2.23. The Hall–Kier alpha value is -2.15. The van der Waals surface area contributed by atoms with Crippen LogP contribution in [-0.2, 0) is 11.3 Å². The number of aryl methyl sites for hydroxylation is 1. The van der Waals surface area contributed by atoms with Crippen molar-refractivity contribution in [2.45, 2.75) is 31.5 Å². The van der Waals surface area contributed by atoms with Gasteiger partial charge in [-0.2, -0.15) is 0 Å². The predicted octanol–water partition coefficient (Wildman–Crippen LogP) is 2.40. The first-order valence-electron chi connectivity index (χ1n) is 7.63. The lowest BCUT2D eigenvalue weighted by Crippen LogP contribution is -2.23. The number of hydrogen-bond donors (Lipinski definition) is 0. The monoisotopic (exact) mass is 330 g/mol. The van der Waals surface area contributed by atoms with Crippen LogP contribution in [0.5, 0.6) is 0 Å². The third kappa shape index (κ3) is 3.44. The average Bonchev–Trinajstić information content (AvgIpc) is 3.21. The van der Waals surface area contributed by atoms with Crippen molar-refractivity contribution >= 4 is 29.1 Å². The van der Waals surface area contributed by atoms with Gasteiger partial charge in [0.2, 0.25) is 5.91 Å². The third-order valence-electron chi connectivity index (χ3n) is 3.81. The Balaban J connectivity index is 1.69. The van der Waals surface area contributed by atoms with E-state index in [9.17, 15) is 9.59 Å². The number of ketones is 1. The molecule has 1 aliphatic heterocycles. The lowest BCUT2D eigenvalue weighted by atomic mass is 10.1. The van der Waals surface area contributed by atoms with Gasteiger partial charge in [-0.05, 0) is 25.5 Å². The van der Waals surface area contributed by atoms with Crippen LogP contribution in [0.3, 0.4) is 0 Å². The molecule has 1 amide bonds. The van der Waals surface area contributed by atoms with Crippen LogP contribution >= 0.6 is 11.8 Å². The first-order valence-corrected chi connectivity index (χ1v) is 8.62. The molecule has 0 unspecified atom stereocenters. The Labute approximate surface area is 138 Å². The fourth-order valence-corrected chi connectivity index (χ4v) is 3.43. The molecule has 1 aromatic carbocycles. The van der Waals surface area contributed by atoms with E-state index >= 15 is 0 Å².